The van der Waals surface area contributed by atoms with Gasteiger partial charge >= 0.3 is 0 Å². The van der Waals surface area contributed by atoms with Crippen LogP contribution in [0.25, 0.3) is 0 Å². The van der Waals surface area contributed by atoms with E-state index in [2.05, 4.69) is 20.0 Å². The molecule has 0 amide bonds. The van der Waals surface area contributed by atoms with Gasteiger partial charge in [0, 0.05) is 12.1 Å². The highest BCUT2D eigenvalue weighted by molar-refractivity contribution is 7.89. The third-order valence-electron chi connectivity index (χ3n) is 1.94. The summed E-state index contributed by atoms with van der Waals surface area (Å²) in [6, 6.07) is -0.434. The number of aromatic hydroxyl groups is 1. The maximum Gasteiger partial charge on any atom is 0.276 e. The summed E-state index contributed by atoms with van der Waals surface area (Å²) in [5.41, 5.74) is -0.927. The van der Waals surface area contributed by atoms with Gasteiger partial charge in [-0.15, -0.1) is 0 Å². The Bertz CT molecular complexity index is 606. The maximum atomic E-state index is 11.9. The normalized spacial score (nSPS) is 12.1. The Morgan fingerprint density at radius 3 is 2.21 bits per heavy atom. The van der Waals surface area contributed by atoms with E-state index in [9.17, 15) is 18.3 Å². The molecule has 19 heavy (non-hydrogen) atoms. The molecule has 0 saturated carbocycles. The fourth-order valence-corrected chi connectivity index (χ4v) is 2.72. The summed E-state index contributed by atoms with van der Waals surface area (Å²) in [6.45, 7) is 6.82. The second-order valence-electron chi connectivity index (χ2n) is 4.64. The average Bonchev–Trinajstić information content (AvgIpc) is 2.10. The van der Waals surface area contributed by atoms with Crippen LogP contribution >= 0.6 is 0 Å². The smallest absolute Gasteiger partial charge is 0.276 e. The third kappa shape index (κ3) is 3.93. The monoisotopic (exact) mass is 290 g/mol. The predicted octanol–water partition coefficient (Wildman–Crippen LogP) is -0.0175. The van der Waals surface area contributed by atoms with Gasteiger partial charge in [-0.1, -0.05) is 0 Å². The first kappa shape index (κ1) is 15.4. The first-order valence-corrected chi connectivity index (χ1v) is 7.24. The van der Waals surface area contributed by atoms with Gasteiger partial charge in [-0.25, -0.2) is 13.1 Å². The highest BCUT2D eigenvalue weighted by Crippen LogP contribution is 2.16. The second-order valence-corrected chi connectivity index (χ2v) is 6.29. The maximum absolute atomic E-state index is 11.9. The zero-order valence-electron chi connectivity index (χ0n) is 11.2. The van der Waals surface area contributed by atoms with Crippen LogP contribution in [0.2, 0.25) is 0 Å². The number of rotatable bonds is 5. The van der Waals surface area contributed by atoms with E-state index in [1.807, 2.05) is 13.8 Å². The van der Waals surface area contributed by atoms with Crippen LogP contribution in [-0.4, -0.2) is 35.6 Å². The zero-order chi connectivity index (χ0) is 14.8. The molecule has 0 aliphatic carbocycles. The Kier molecular flexibility index (Phi) is 4.53. The molecule has 1 rings (SSSR count). The molecule has 0 unspecified atom stereocenters. The molecule has 0 aliphatic heterocycles. The fraction of sp³-hybridized carbons (Fsp3) is 0.600. The van der Waals surface area contributed by atoms with E-state index < -0.39 is 32.4 Å². The number of anilines is 1. The quantitative estimate of drug-likeness (QED) is 0.604. The molecule has 0 spiro atoms. The standard InChI is InChI=1S/C10H18N4O4S/c1-5(2)11-10-12-8(15)7(9(16)13-10)19(17,18)14-6(3)4/h5-6,14H,1-4H3,(H3,11,12,13,15,16). The van der Waals surface area contributed by atoms with Gasteiger partial charge in [0.2, 0.25) is 16.7 Å². The minimum atomic E-state index is -4.10. The summed E-state index contributed by atoms with van der Waals surface area (Å²) in [4.78, 5) is 16.9. The minimum Gasteiger partial charge on any atom is -0.492 e. The van der Waals surface area contributed by atoms with Crippen molar-refractivity contribution in [2.45, 2.75) is 44.7 Å². The van der Waals surface area contributed by atoms with Gasteiger partial charge in [0.05, 0.1) is 0 Å². The summed E-state index contributed by atoms with van der Waals surface area (Å²) in [6.07, 6.45) is 0. The van der Waals surface area contributed by atoms with E-state index in [-0.39, 0.29) is 12.0 Å². The number of H-pyrrole nitrogens is 1. The van der Waals surface area contributed by atoms with Crippen molar-refractivity contribution in [3.8, 4) is 5.88 Å². The molecule has 4 N–H and O–H groups in total. The second kappa shape index (κ2) is 5.57. The van der Waals surface area contributed by atoms with Crippen LogP contribution in [-0.2, 0) is 10.0 Å². The molecule has 1 heterocycles. The van der Waals surface area contributed by atoms with Crippen molar-refractivity contribution in [1.82, 2.24) is 14.7 Å². The molecule has 0 radical (unpaired) electrons. The van der Waals surface area contributed by atoms with Gasteiger partial charge in [0.1, 0.15) is 0 Å². The summed E-state index contributed by atoms with van der Waals surface area (Å²) in [5, 5.41) is 12.4. The summed E-state index contributed by atoms with van der Waals surface area (Å²) in [7, 11) is -4.10. The lowest BCUT2D eigenvalue weighted by atomic mass is 10.4. The minimum absolute atomic E-state index is 0.0148. The lowest BCUT2D eigenvalue weighted by Gasteiger charge is -2.12. The molecule has 0 atom stereocenters. The molecule has 0 fully saturated rings. The van der Waals surface area contributed by atoms with Crippen molar-refractivity contribution in [3.63, 3.8) is 0 Å². The van der Waals surface area contributed by atoms with E-state index in [1.165, 1.54) is 0 Å². The highest BCUT2D eigenvalue weighted by atomic mass is 32.2. The Hall–Kier alpha value is -1.61. The van der Waals surface area contributed by atoms with Crippen molar-refractivity contribution >= 4 is 16.0 Å². The topological polar surface area (TPSA) is 124 Å². The van der Waals surface area contributed by atoms with Crippen LogP contribution < -0.4 is 15.6 Å². The van der Waals surface area contributed by atoms with Crippen molar-refractivity contribution in [3.05, 3.63) is 10.4 Å². The van der Waals surface area contributed by atoms with Gasteiger partial charge in [0.15, 0.2) is 0 Å². The first-order chi connectivity index (χ1) is 8.63. The number of hydrogen-bond donors (Lipinski definition) is 4. The van der Waals surface area contributed by atoms with Crippen LogP contribution in [0.1, 0.15) is 27.7 Å². The summed E-state index contributed by atoms with van der Waals surface area (Å²) in [5.74, 6) is -0.818. The van der Waals surface area contributed by atoms with Gasteiger partial charge < -0.3 is 10.4 Å². The van der Waals surface area contributed by atoms with Crippen LogP contribution in [0.5, 0.6) is 5.88 Å². The summed E-state index contributed by atoms with van der Waals surface area (Å²) >= 11 is 0. The van der Waals surface area contributed by atoms with Crippen LogP contribution in [0.4, 0.5) is 5.95 Å². The molecule has 108 valence electrons. The van der Waals surface area contributed by atoms with Crippen molar-refractivity contribution in [2.24, 2.45) is 0 Å². The SMILES string of the molecule is CC(C)Nc1nc(O)c(S(=O)(=O)NC(C)C)c(=O)[nH]1. The molecular formula is C10H18N4O4S. The molecule has 0 aliphatic rings. The molecule has 0 aromatic carbocycles. The Balaban J connectivity index is 3.29. The molecular weight excluding hydrogens is 272 g/mol. The molecule has 1 aromatic rings. The first-order valence-electron chi connectivity index (χ1n) is 5.75. The van der Waals surface area contributed by atoms with Gasteiger partial charge in [-0.2, -0.15) is 4.98 Å². The number of hydrogen-bond acceptors (Lipinski definition) is 6. The molecule has 9 heteroatoms. The molecule has 0 saturated heterocycles. The van der Waals surface area contributed by atoms with E-state index in [1.54, 1.807) is 13.8 Å². The molecule has 0 bridgehead atoms. The van der Waals surface area contributed by atoms with E-state index in [0.717, 1.165) is 0 Å². The lowest BCUT2D eigenvalue weighted by molar-refractivity contribution is 0.432. The van der Waals surface area contributed by atoms with E-state index in [4.69, 9.17) is 0 Å². The fourth-order valence-electron chi connectivity index (χ4n) is 1.40. The molecule has 8 nitrogen and oxygen atoms in total. The van der Waals surface area contributed by atoms with Gasteiger partial charge in [-0.3, -0.25) is 9.78 Å². The number of aromatic nitrogens is 2. The lowest BCUT2D eigenvalue weighted by Crippen LogP contribution is -2.34. The largest absolute Gasteiger partial charge is 0.492 e. The number of nitrogens with one attached hydrogen (secondary N) is 3. The third-order valence-corrected chi connectivity index (χ3v) is 3.63. The number of nitrogens with zero attached hydrogens (tertiary/aromatic N) is 1. The van der Waals surface area contributed by atoms with Crippen LogP contribution in [0.15, 0.2) is 9.69 Å². The van der Waals surface area contributed by atoms with Gasteiger partial charge in [0.25, 0.3) is 15.6 Å². The number of sulfonamides is 1. The Morgan fingerprint density at radius 1 is 1.21 bits per heavy atom. The van der Waals surface area contributed by atoms with E-state index >= 15 is 0 Å². The van der Waals surface area contributed by atoms with E-state index in [0.29, 0.717) is 0 Å². The van der Waals surface area contributed by atoms with Crippen LogP contribution in [0, 0.1) is 0 Å². The predicted molar refractivity (Wildman–Crippen MR) is 70.7 cm³/mol. The Morgan fingerprint density at radius 2 is 1.79 bits per heavy atom. The highest BCUT2D eigenvalue weighted by Gasteiger charge is 2.25. The van der Waals surface area contributed by atoms with Gasteiger partial charge in [-0.05, 0) is 27.7 Å². The van der Waals surface area contributed by atoms with Crippen molar-refractivity contribution < 1.29 is 13.5 Å². The number of aromatic amines is 1. The van der Waals surface area contributed by atoms with Crippen molar-refractivity contribution in [2.75, 3.05) is 5.32 Å². The molecule has 1 aromatic heterocycles. The summed E-state index contributed by atoms with van der Waals surface area (Å²) < 4.78 is 25.9. The zero-order valence-corrected chi connectivity index (χ0v) is 12.0. The van der Waals surface area contributed by atoms with Crippen LogP contribution in [0.3, 0.4) is 0 Å². The van der Waals surface area contributed by atoms with Crippen molar-refractivity contribution in [1.29, 1.82) is 0 Å². The Labute approximate surface area is 111 Å². The average molecular weight is 290 g/mol.